The molecule has 0 spiro atoms. The van der Waals surface area contributed by atoms with Crippen molar-refractivity contribution in [2.45, 2.75) is 99.5 Å². The summed E-state index contributed by atoms with van der Waals surface area (Å²) < 4.78 is 41.8. The first-order valence-corrected chi connectivity index (χ1v) is 13.7. The van der Waals surface area contributed by atoms with Crippen molar-refractivity contribution in [3.05, 3.63) is 30.3 Å². The summed E-state index contributed by atoms with van der Waals surface area (Å²) in [5.41, 5.74) is 0. The Balaban J connectivity index is 1.39. The average Bonchev–Trinajstić information content (AvgIpc) is 3.59. The Morgan fingerprint density at radius 3 is 2.41 bits per heavy atom. The summed E-state index contributed by atoms with van der Waals surface area (Å²) in [6, 6.07) is 9.98. The Morgan fingerprint density at radius 2 is 1.76 bits per heavy atom. The molecule has 0 aromatic heterocycles. The summed E-state index contributed by atoms with van der Waals surface area (Å²) in [7, 11) is 2.77. The van der Waals surface area contributed by atoms with Crippen molar-refractivity contribution < 1.29 is 42.8 Å². The molecular formula is C26H37NO9S. The number of fused-ring (bicyclic) bond motifs is 1. The van der Waals surface area contributed by atoms with Crippen LogP contribution >= 0.6 is 11.8 Å². The van der Waals surface area contributed by atoms with Crippen molar-refractivity contribution in [2.24, 2.45) is 0 Å². The number of benzene rings is 1. The fourth-order valence-corrected chi connectivity index (χ4v) is 6.45. The summed E-state index contributed by atoms with van der Waals surface area (Å²) in [5.74, 6) is -2.89. The standard InChI is InChI=1S/C26H37NO9S/c1-24(2)31-15-18(33-24)19-20-21(35-25(3,4)34-20)22(32-19)27-16(12-13-37-17-10-8-7-9-11-17)14-26(30-6,36-27)23(28)29-5/h7-11,16,18-22H,12-15H2,1-6H3/t16-,18-,19-,20+,21+,22+,26+/m1/s1. The molecule has 0 unspecified atom stereocenters. The highest BCUT2D eigenvalue weighted by Crippen LogP contribution is 2.47. The SMILES string of the molecule is COC(=O)[C@]1(OC)C[C@@H](CCSc2ccccc2)N([C@H]2O[C@H]([C@H]3COC(C)(C)O3)[C@@H]3OC(C)(C)O[C@@H]32)O1. The molecule has 10 nitrogen and oxygen atoms in total. The van der Waals surface area contributed by atoms with Crippen LogP contribution in [0.5, 0.6) is 0 Å². The molecule has 4 aliphatic heterocycles. The number of hydrogen-bond acceptors (Lipinski definition) is 11. The lowest BCUT2D eigenvalue weighted by atomic mass is 10.0. The molecule has 4 saturated heterocycles. The molecule has 0 amide bonds. The highest BCUT2D eigenvalue weighted by Gasteiger charge is 2.64. The molecule has 0 saturated carbocycles. The van der Waals surface area contributed by atoms with Gasteiger partial charge in [0.25, 0.3) is 5.79 Å². The molecule has 0 radical (unpaired) electrons. The van der Waals surface area contributed by atoms with Crippen molar-refractivity contribution in [1.82, 2.24) is 5.06 Å². The number of rotatable bonds is 8. The van der Waals surface area contributed by atoms with Crippen LogP contribution in [0.2, 0.25) is 0 Å². The van der Waals surface area contributed by atoms with E-state index in [9.17, 15) is 4.79 Å². The molecule has 0 N–H and O–H groups in total. The predicted octanol–water partition coefficient (Wildman–Crippen LogP) is 3.09. The number of esters is 1. The Bertz CT molecular complexity index is 963. The zero-order valence-corrected chi connectivity index (χ0v) is 23.0. The third-order valence-corrected chi connectivity index (χ3v) is 8.16. The van der Waals surface area contributed by atoms with Gasteiger partial charge in [0.1, 0.15) is 24.4 Å². The van der Waals surface area contributed by atoms with E-state index in [0.717, 1.165) is 5.75 Å². The van der Waals surface area contributed by atoms with Gasteiger partial charge in [0.15, 0.2) is 17.8 Å². The quantitative estimate of drug-likeness (QED) is 0.360. The van der Waals surface area contributed by atoms with Gasteiger partial charge in [-0.2, -0.15) is 5.06 Å². The summed E-state index contributed by atoms with van der Waals surface area (Å²) in [6.45, 7) is 7.88. The molecule has 0 aliphatic carbocycles. The van der Waals surface area contributed by atoms with E-state index in [1.165, 1.54) is 19.1 Å². The summed E-state index contributed by atoms with van der Waals surface area (Å²) in [4.78, 5) is 20.3. The Labute approximate surface area is 222 Å². The van der Waals surface area contributed by atoms with Gasteiger partial charge in [0, 0.05) is 24.5 Å². The van der Waals surface area contributed by atoms with Gasteiger partial charge in [0.05, 0.1) is 13.7 Å². The van der Waals surface area contributed by atoms with Gasteiger partial charge in [-0.25, -0.2) is 9.63 Å². The lowest BCUT2D eigenvalue weighted by Crippen LogP contribution is -2.48. The van der Waals surface area contributed by atoms with Crippen molar-refractivity contribution in [3.8, 4) is 0 Å². The van der Waals surface area contributed by atoms with Crippen molar-refractivity contribution in [1.29, 1.82) is 0 Å². The molecule has 0 bridgehead atoms. The number of hydroxylamine groups is 2. The lowest BCUT2D eigenvalue weighted by molar-refractivity contribution is -0.343. The van der Waals surface area contributed by atoms with Crippen LogP contribution in [0.1, 0.15) is 40.5 Å². The molecule has 1 aromatic rings. The first-order valence-electron chi connectivity index (χ1n) is 12.7. The van der Waals surface area contributed by atoms with Crippen LogP contribution in [-0.2, 0) is 42.8 Å². The summed E-state index contributed by atoms with van der Waals surface area (Å²) in [5, 5.41) is 1.72. The molecule has 4 aliphatic rings. The number of carbonyl (C=O) groups excluding carboxylic acids is 1. The predicted molar refractivity (Wildman–Crippen MR) is 132 cm³/mol. The van der Waals surface area contributed by atoms with Crippen LogP contribution in [0.3, 0.4) is 0 Å². The van der Waals surface area contributed by atoms with Gasteiger partial charge in [-0.15, -0.1) is 11.8 Å². The highest BCUT2D eigenvalue weighted by molar-refractivity contribution is 7.99. The third kappa shape index (κ3) is 5.43. The number of methoxy groups -OCH3 is 2. The molecule has 4 fully saturated rings. The number of hydrogen-bond donors (Lipinski definition) is 0. The molecule has 7 atom stereocenters. The van der Waals surface area contributed by atoms with Crippen molar-refractivity contribution in [2.75, 3.05) is 26.6 Å². The van der Waals surface area contributed by atoms with E-state index < -0.39 is 47.9 Å². The molecule has 11 heteroatoms. The number of ether oxygens (including phenoxy) is 7. The smallest absolute Gasteiger partial charge is 0.368 e. The molecule has 37 heavy (non-hydrogen) atoms. The van der Waals surface area contributed by atoms with E-state index in [0.29, 0.717) is 13.0 Å². The average molecular weight is 540 g/mol. The van der Waals surface area contributed by atoms with E-state index >= 15 is 0 Å². The third-order valence-electron chi connectivity index (χ3n) is 7.12. The molecular weight excluding hydrogens is 502 g/mol. The number of nitrogens with zero attached hydrogens (tertiary/aromatic N) is 1. The zero-order chi connectivity index (χ0) is 26.4. The van der Waals surface area contributed by atoms with Crippen LogP contribution in [0, 0.1) is 0 Å². The van der Waals surface area contributed by atoms with Crippen LogP contribution in [0.25, 0.3) is 0 Å². The van der Waals surface area contributed by atoms with Crippen LogP contribution in [0.4, 0.5) is 0 Å². The van der Waals surface area contributed by atoms with E-state index in [4.69, 9.17) is 38.0 Å². The van der Waals surface area contributed by atoms with Crippen molar-refractivity contribution in [3.63, 3.8) is 0 Å². The number of thioether (sulfide) groups is 1. The second-order valence-electron chi connectivity index (χ2n) is 10.6. The fourth-order valence-electron chi connectivity index (χ4n) is 5.47. The van der Waals surface area contributed by atoms with E-state index in [1.54, 1.807) is 16.8 Å². The van der Waals surface area contributed by atoms with Crippen LogP contribution < -0.4 is 0 Å². The number of carbonyl (C=O) groups is 1. The van der Waals surface area contributed by atoms with Crippen molar-refractivity contribution >= 4 is 17.7 Å². The minimum absolute atomic E-state index is 0.204. The molecule has 4 heterocycles. The van der Waals surface area contributed by atoms with E-state index in [-0.39, 0.29) is 18.6 Å². The molecule has 5 rings (SSSR count). The minimum atomic E-state index is -1.57. The first-order chi connectivity index (χ1) is 17.6. The second kappa shape index (κ2) is 10.4. The summed E-state index contributed by atoms with van der Waals surface area (Å²) in [6.07, 6.45) is -1.32. The van der Waals surface area contributed by atoms with Gasteiger partial charge in [-0.05, 0) is 52.0 Å². The van der Waals surface area contributed by atoms with Gasteiger partial charge in [0.2, 0.25) is 0 Å². The monoisotopic (exact) mass is 539 g/mol. The molecule has 206 valence electrons. The highest BCUT2D eigenvalue weighted by atomic mass is 32.2. The Morgan fingerprint density at radius 1 is 1.03 bits per heavy atom. The van der Waals surface area contributed by atoms with Gasteiger partial charge < -0.3 is 33.2 Å². The largest absolute Gasteiger partial charge is 0.465 e. The topological polar surface area (TPSA) is 94.2 Å². The fraction of sp³-hybridized carbons (Fsp3) is 0.731. The van der Waals surface area contributed by atoms with E-state index in [1.807, 2.05) is 45.9 Å². The lowest BCUT2D eigenvalue weighted by Gasteiger charge is -2.33. The molecule has 1 aromatic carbocycles. The second-order valence-corrected chi connectivity index (χ2v) is 11.8. The Kier molecular flexibility index (Phi) is 7.64. The normalized spacial score (nSPS) is 38.6. The Hall–Kier alpha value is -1.28. The van der Waals surface area contributed by atoms with Crippen LogP contribution in [-0.4, -0.2) is 91.7 Å². The summed E-state index contributed by atoms with van der Waals surface area (Å²) >= 11 is 1.74. The van der Waals surface area contributed by atoms with Gasteiger partial charge >= 0.3 is 5.97 Å². The first kappa shape index (κ1) is 27.3. The zero-order valence-electron chi connectivity index (χ0n) is 22.2. The van der Waals surface area contributed by atoms with Gasteiger partial charge in [-0.1, -0.05) is 18.2 Å². The maximum Gasteiger partial charge on any atom is 0.368 e. The maximum absolute atomic E-state index is 12.8. The van der Waals surface area contributed by atoms with Gasteiger partial charge in [-0.3, -0.25) is 0 Å². The minimum Gasteiger partial charge on any atom is -0.465 e. The van der Waals surface area contributed by atoms with Crippen LogP contribution in [0.15, 0.2) is 35.2 Å². The van der Waals surface area contributed by atoms with E-state index in [2.05, 4.69) is 12.1 Å². The maximum atomic E-state index is 12.8.